The minimum absolute atomic E-state index is 0.273. The predicted molar refractivity (Wildman–Crippen MR) is 134 cm³/mol. The van der Waals surface area contributed by atoms with Crippen LogP contribution < -0.4 is 4.90 Å². The average molecular weight is 453 g/mol. The molecule has 0 unspecified atom stereocenters. The third kappa shape index (κ3) is 4.03. The average Bonchev–Trinajstić information content (AvgIpc) is 3.24. The van der Waals surface area contributed by atoms with Crippen molar-refractivity contribution in [1.82, 2.24) is 3.97 Å². The van der Waals surface area contributed by atoms with Gasteiger partial charge >= 0.3 is 0 Å². The van der Waals surface area contributed by atoms with Crippen molar-refractivity contribution in [3.05, 3.63) is 127 Å². The Kier molecular flexibility index (Phi) is 5.48. The summed E-state index contributed by atoms with van der Waals surface area (Å²) in [5, 5.41) is 0.882. The molecule has 0 bridgehead atoms. The largest absolute Gasteiger partial charge is 0.335 e. The van der Waals surface area contributed by atoms with Crippen LogP contribution in [0.4, 0.5) is 11.4 Å². The molecular formula is C28H24N2O2S. The second-order valence-corrected chi connectivity index (χ2v) is 9.87. The van der Waals surface area contributed by atoms with Gasteiger partial charge in [-0.1, -0.05) is 84.4 Å². The van der Waals surface area contributed by atoms with E-state index in [2.05, 4.69) is 17.0 Å². The van der Waals surface area contributed by atoms with Crippen molar-refractivity contribution in [3.8, 4) is 0 Å². The van der Waals surface area contributed by atoms with E-state index < -0.39 is 10.0 Å². The number of fused-ring (bicyclic) bond motifs is 1. The zero-order valence-electron chi connectivity index (χ0n) is 18.3. The Morgan fingerprint density at radius 1 is 0.727 bits per heavy atom. The summed E-state index contributed by atoms with van der Waals surface area (Å²) in [6.07, 6.45) is 1.75. The fraction of sp³-hybridized carbons (Fsp3) is 0.0714. The van der Waals surface area contributed by atoms with Crippen LogP contribution in [0.25, 0.3) is 10.9 Å². The number of hydrogen-bond acceptors (Lipinski definition) is 3. The minimum Gasteiger partial charge on any atom is -0.335 e. The fourth-order valence-corrected chi connectivity index (χ4v) is 5.42. The van der Waals surface area contributed by atoms with Gasteiger partial charge in [0.1, 0.15) is 0 Å². The highest BCUT2D eigenvalue weighted by Gasteiger charge is 2.24. The topological polar surface area (TPSA) is 42.3 Å². The second-order valence-electron chi connectivity index (χ2n) is 8.05. The number of anilines is 2. The number of benzene rings is 4. The molecule has 0 aliphatic carbocycles. The SMILES string of the molecule is Cc1ccc(S(=O)(=O)n2cc(N(Cc3ccccc3)c3ccccc3)c3ccccc32)cc1. The van der Waals surface area contributed by atoms with Gasteiger partial charge in [0, 0.05) is 23.8 Å². The van der Waals surface area contributed by atoms with Gasteiger partial charge in [0.15, 0.2) is 0 Å². The monoisotopic (exact) mass is 452 g/mol. The Labute approximate surface area is 194 Å². The van der Waals surface area contributed by atoms with Gasteiger partial charge in [0.25, 0.3) is 10.0 Å². The summed E-state index contributed by atoms with van der Waals surface area (Å²) in [6, 6.07) is 34.9. The molecule has 0 N–H and O–H groups in total. The zero-order valence-corrected chi connectivity index (χ0v) is 19.1. The van der Waals surface area contributed by atoms with Crippen molar-refractivity contribution in [1.29, 1.82) is 0 Å². The predicted octanol–water partition coefficient (Wildman–Crippen LogP) is 6.53. The van der Waals surface area contributed by atoms with Crippen LogP contribution in [0.2, 0.25) is 0 Å². The third-order valence-electron chi connectivity index (χ3n) is 5.78. The molecule has 4 nitrogen and oxygen atoms in total. The van der Waals surface area contributed by atoms with E-state index in [4.69, 9.17) is 0 Å². The molecule has 0 aliphatic heterocycles. The number of aromatic nitrogens is 1. The standard InChI is InChI=1S/C28H24N2O2S/c1-22-16-18-25(19-17-22)33(31,32)30-21-28(26-14-8-9-15-27(26)30)29(24-12-6-3-7-13-24)20-23-10-4-2-5-11-23/h2-19,21H,20H2,1H3. The molecule has 1 heterocycles. The molecule has 5 aromatic rings. The lowest BCUT2D eigenvalue weighted by Crippen LogP contribution is -2.16. The third-order valence-corrected chi connectivity index (χ3v) is 7.46. The van der Waals surface area contributed by atoms with Crippen molar-refractivity contribution in [3.63, 3.8) is 0 Å². The summed E-state index contributed by atoms with van der Waals surface area (Å²) in [5.41, 5.74) is 4.65. The van der Waals surface area contributed by atoms with E-state index in [-0.39, 0.29) is 4.90 Å². The maximum Gasteiger partial charge on any atom is 0.268 e. The molecule has 0 atom stereocenters. The van der Waals surface area contributed by atoms with Crippen molar-refractivity contribution in [2.75, 3.05) is 4.90 Å². The van der Waals surface area contributed by atoms with Gasteiger partial charge in [-0.15, -0.1) is 0 Å². The summed E-state index contributed by atoms with van der Waals surface area (Å²) >= 11 is 0. The molecule has 33 heavy (non-hydrogen) atoms. The first-order valence-corrected chi connectivity index (χ1v) is 12.3. The van der Waals surface area contributed by atoms with Crippen molar-refractivity contribution in [2.24, 2.45) is 0 Å². The fourth-order valence-electron chi connectivity index (χ4n) is 4.06. The van der Waals surface area contributed by atoms with Crippen LogP contribution in [0.3, 0.4) is 0 Å². The maximum atomic E-state index is 13.6. The van der Waals surface area contributed by atoms with Crippen LogP contribution in [-0.4, -0.2) is 12.4 Å². The number of para-hydroxylation sites is 2. The smallest absolute Gasteiger partial charge is 0.268 e. The molecule has 164 valence electrons. The number of hydrogen-bond donors (Lipinski definition) is 0. The van der Waals surface area contributed by atoms with Crippen molar-refractivity contribution >= 4 is 32.3 Å². The first-order valence-electron chi connectivity index (χ1n) is 10.8. The van der Waals surface area contributed by atoms with E-state index in [0.29, 0.717) is 12.1 Å². The van der Waals surface area contributed by atoms with Gasteiger partial charge in [-0.25, -0.2) is 12.4 Å². The highest BCUT2D eigenvalue weighted by atomic mass is 32.2. The van der Waals surface area contributed by atoms with E-state index in [1.54, 1.807) is 18.3 Å². The molecule has 5 rings (SSSR count). The quantitative estimate of drug-likeness (QED) is 0.294. The summed E-state index contributed by atoms with van der Waals surface area (Å²) < 4.78 is 28.7. The molecule has 0 saturated heterocycles. The summed E-state index contributed by atoms with van der Waals surface area (Å²) in [7, 11) is -3.76. The molecule has 1 aromatic heterocycles. The molecule has 4 aromatic carbocycles. The molecule has 0 aliphatic rings. The Hall–Kier alpha value is -3.83. The van der Waals surface area contributed by atoms with Gasteiger partial charge in [0.2, 0.25) is 0 Å². The lowest BCUT2D eigenvalue weighted by molar-refractivity contribution is 0.589. The van der Waals surface area contributed by atoms with Crippen LogP contribution in [-0.2, 0) is 16.6 Å². The molecule has 0 radical (unpaired) electrons. The second kappa shape index (κ2) is 8.60. The van der Waals surface area contributed by atoms with E-state index in [1.807, 2.05) is 91.9 Å². The van der Waals surface area contributed by atoms with E-state index in [0.717, 1.165) is 27.9 Å². The minimum atomic E-state index is -3.76. The molecule has 0 spiro atoms. The Balaban J connectivity index is 1.71. The van der Waals surface area contributed by atoms with E-state index in [1.165, 1.54) is 3.97 Å². The van der Waals surface area contributed by atoms with Crippen LogP contribution in [0.5, 0.6) is 0 Å². The zero-order chi connectivity index (χ0) is 22.8. The summed E-state index contributed by atoms with van der Waals surface area (Å²) in [4.78, 5) is 2.44. The first kappa shape index (κ1) is 21.0. The number of aryl methyl sites for hydroxylation is 1. The van der Waals surface area contributed by atoms with Crippen LogP contribution in [0.15, 0.2) is 120 Å². The maximum absolute atomic E-state index is 13.6. The van der Waals surface area contributed by atoms with Gasteiger partial charge < -0.3 is 4.90 Å². The van der Waals surface area contributed by atoms with Gasteiger partial charge in [0.05, 0.1) is 16.1 Å². The summed E-state index contributed by atoms with van der Waals surface area (Å²) in [6.45, 7) is 2.56. The lowest BCUT2D eigenvalue weighted by atomic mass is 10.1. The lowest BCUT2D eigenvalue weighted by Gasteiger charge is -2.24. The van der Waals surface area contributed by atoms with Crippen LogP contribution >= 0.6 is 0 Å². The van der Waals surface area contributed by atoms with Crippen LogP contribution in [0.1, 0.15) is 11.1 Å². The van der Waals surface area contributed by atoms with E-state index >= 15 is 0 Å². The highest BCUT2D eigenvalue weighted by molar-refractivity contribution is 7.90. The molecule has 5 heteroatoms. The number of rotatable bonds is 6. The first-order chi connectivity index (χ1) is 16.0. The Bertz CT molecular complexity index is 1490. The molecule has 0 amide bonds. The Morgan fingerprint density at radius 2 is 1.33 bits per heavy atom. The van der Waals surface area contributed by atoms with Crippen molar-refractivity contribution in [2.45, 2.75) is 18.4 Å². The van der Waals surface area contributed by atoms with Gasteiger partial charge in [-0.2, -0.15) is 0 Å². The van der Waals surface area contributed by atoms with Gasteiger partial charge in [-0.3, -0.25) is 0 Å². The normalized spacial score (nSPS) is 11.5. The molecular weight excluding hydrogens is 428 g/mol. The Morgan fingerprint density at radius 3 is 2.03 bits per heavy atom. The highest BCUT2D eigenvalue weighted by Crippen LogP contribution is 2.37. The number of nitrogens with zero attached hydrogens (tertiary/aromatic N) is 2. The van der Waals surface area contributed by atoms with Crippen molar-refractivity contribution < 1.29 is 8.42 Å². The molecule has 0 saturated carbocycles. The summed E-state index contributed by atoms with van der Waals surface area (Å²) in [5.74, 6) is 0. The van der Waals surface area contributed by atoms with E-state index in [9.17, 15) is 8.42 Å². The molecule has 0 fully saturated rings. The van der Waals surface area contributed by atoms with Crippen LogP contribution in [0, 0.1) is 6.92 Å². The van der Waals surface area contributed by atoms with Gasteiger partial charge in [-0.05, 0) is 42.8 Å².